The van der Waals surface area contributed by atoms with Crippen molar-refractivity contribution in [3.8, 4) is 0 Å². The first-order valence-electron chi connectivity index (χ1n) is 5.82. The number of ether oxygens (including phenoxy) is 1. The van der Waals surface area contributed by atoms with Gasteiger partial charge < -0.3 is 9.64 Å². The molecule has 1 heterocycles. The van der Waals surface area contributed by atoms with Gasteiger partial charge in [0.05, 0.1) is 6.61 Å². The molecule has 0 aromatic heterocycles. The topological polar surface area (TPSA) is 46.6 Å². The second kappa shape index (κ2) is 4.85. The lowest BCUT2D eigenvalue weighted by atomic mass is 9.80. The zero-order valence-corrected chi connectivity index (χ0v) is 10.6. The summed E-state index contributed by atoms with van der Waals surface area (Å²) in [5.41, 5.74) is 0.184. The van der Waals surface area contributed by atoms with Crippen molar-refractivity contribution in [3.05, 3.63) is 0 Å². The van der Waals surface area contributed by atoms with Crippen LogP contribution in [-0.2, 0) is 14.3 Å². The van der Waals surface area contributed by atoms with E-state index in [1.807, 2.05) is 0 Å². The summed E-state index contributed by atoms with van der Waals surface area (Å²) in [6, 6.07) is 0. The molecule has 1 aliphatic heterocycles. The Kier molecular flexibility index (Phi) is 3.94. The van der Waals surface area contributed by atoms with E-state index in [9.17, 15) is 9.59 Å². The summed E-state index contributed by atoms with van der Waals surface area (Å²) in [7, 11) is 0. The van der Waals surface area contributed by atoms with Crippen LogP contribution >= 0.6 is 0 Å². The minimum Gasteiger partial charge on any atom is -0.459 e. The number of hydrogen-bond acceptors (Lipinski definition) is 3. The van der Waals surface area contributed by atoms with E-state index in [4.69, 9.17) is 4.74 Å². The molecule has 0 spiro atoms. The van der Waals surface area contributed by atoms with Crippen molar-refractivity contribution in [1.29, 1.82) is 0 Å². The number of nitrogens with zero attached hydrogens (tertiary/aromatic N) is 1. The molecule has 0 saturated carbocycles. The van der Waals surface area contributed by atoms with Crippen LogP contribution in [0.3, 0.4) is 0 Å². The molecular weight excluding hydrogens is 206 g/mol. The van der Waals surface area contributed by atoms with Gasteiger partial charge in [0.15, 0.2) is 0 Å². The Hall–Kier alpha value is -1.06. The molecule has 1 unspecified atom stereocenters. The van der Waals surface area contributed by atoms with E-state index >= 15 is 0 Å². The van der Waals surface area contributed by atoms with Gasteiger partial charge in [-0.05, 0) is 24.7 Å². The van der Waals surface area contributed by atoms with Crippen molar-refractivity contribution in [1.82, 2.24) is 4.90 Å². The molecule has 1 atom stereocenters. The van der Waals surface area contributed by atoms with Crippen LogP contribution in [-0.4, -0.2) is 36.5 Å². The van der Waals surface area contributed by atoms with Crippen molar-refractivity contribution in [2.24, 2.45) is 11.3 Å². The third kappa shape index (κ3) is 2.97. The zero-order chi connectivity index (χ0) is 12.3. The van der Waals surface area contributed by atoms with Crippen LogP contribution in [0.1, 0.15) is 34.1 Å². The molecule has 0 aromatic carbocycles. The van der Waals surface area contributed by atoms with Gasteiger partial charge in [-0.3, -0.25) is 4.79 Å². The number of carbonyl (C=O) groups excluding carboxylic acids is 2. The maximum atomic E-state index is 11.7. The Balaban J connectivity index is 2.53. The second-order valence-electron chi connectivity index (χ2n) is 5.32. The van der Waals surface area contributed by atoms with Gasteiger partial charge in [-0.2, -0.15) is 0 Å². The van der Waals surface area contributed by atoms with Crippen LogP contribution in [0.15, 0.2) is 0 Å². The zero-order valence-electron chi connectivity index (χ0n) is 10.6. The Bertz CT molecular complexity index is 280. The van der Waals surface area contributed by atoms with E-state index in [2.05, 4.69) is 20.8 Å². The molecule has 1 rings (SSSR count). The molecule has 92 valence electrons. The van der Waals surface area contributed by atoms with Crippen molar-refractivity contribution in [2.75, 3.05) is 19.7 Å². The normalized spacial score (nSPS) is 21.0. The molecule has 16 heavy (non-hydrogen) atoms. The highest BCUT2D eigenvalue weighted by atomic mass is 16.5. The smallest absolute Gasteiger partial charge is 0.397 e. The molecule has 1 amide bonds. The van der Waals surface area contributed by atoms with Crippen molar-refractivity contribution >= 4 is 11.9 Å². The summed E-state index contributed by atoms with van der Waals surface area (Å²) in [5.74, 6) is -0.753. The number of likely N-dealkylation sites (tertiary alicyclic amines) is 1. The van der Waals surface area contributed by atoms with Crippen molar-refractivity contribution in [3.63, 3.8) is 0 Å². The molecule has 4 nitrogen and oxygen atoms in total. The van der Waals surface area contributed by atoms with Gasteiger partial charge in [-0.15, -0.1) is 0 Å². The molecule has 0 aliphatic carbocycles. The fourth-order valence-electron chi connectivity index (χ4n) is 1.97. The number of carbonyl (C=O) groups is 2. The van der Waals surface area contributed by atoms with Gasteiger partial charge >= 0.3 is 11.9 Å². The first-order valence-corrected chi connectivity index (χ1v) is 5.82. The Labute approximate surface area is 96.9 Å². The van der Waals surface area contributed by atoms with E-state index < -0.39 is 11.9 Å². The summed E-state index contributed by atoms with van der Waals surface area (Å²) in [5, 5.41) is 0. The van der Waals surface area contributed by atoms with Crippen LogP contribution in [0.5, 0.6) is 0 Å². The summed E-state index contributed by atoms with van der Waals surface area (Å²) < 4.78 is 4.71. The molecule has 1 fully saturated rings. The van der Waals surface area contributed by atoms with Crippen molar-refractivity contribution in [2.45, 2.75) is 34.1 Å². The summed E-state index contributed by atoms with van der Waals surface area (Å²) in [6.45, 7) is 9.77. The quantitative estimate of drug-likeness (QED) is 0.503. The van der Waals surface area contributed by atoms with Crippen LogP contribution in [0.25, 0.3) is 0 Å². The monoisotopic (exact) mass is 227 g/mol. The Morgan fingerprint density at radius 1 is 1.38 bits per heavy atom. The largest absolute Gasteiger partial charge is 0.459 e. The van der Waals surface area contributed by atoms with Gasteiger partial charge in [-0.25, -0.2) is 4.79 Å². The van der Waals surface area contributed by atoms with E-state index in [1.54, 1.807) is 11.8 Å². The predicted molar refractivity (Wildman–Crippen MR) is 60.8 cm³/mol. The lowest BCUT2D eigenvalue weighted by Crippen LogP contribution is -2.37. The van der Waals surface area contributed by atoms with Gasteiger partial charge in [0.25, 0.3) is 0 Å². The highest BCUT2D eigenvalue weighted by molar-refractivity contribution is 6.32. The molecule has 1 aliphatic rings. The molecule has 0 bridgehead atoms. The maximum Gasteiger partial charge on any atom is 0.397 e. The van der Waals surface area contributed by atoms with E-state index in [0.717, 1.165) is 6.42 Å². The fraction of sp³-hybridized carbons (Fsp3) is 0.833. The van der Waals surface area contributed by atoms with E-state index in [-0.39, 0.29) is 12.0 Å². The fourth-order valence-corrected chi connectivity index (χ4v) is 1.97. The number of amides is 1. The molecule has 0 radical (unpaired) electrons. The minimum absolute atomic E-state index is 0.184. The Morgan fingerprint density at radius 3 is 2.44 bits per heavy atom. The second-order valence-corrected chi connectivity index (χ2v) is 5.32. The first-order chi connectivity index (χ1) is 7.36. The molecule has 4 heteroatoms. The third-order valence-electron chi connectivity index (χ3n) is 3.15. The van der Waals surface area contributed by atoms with Gasteiger partial charge in [0, 0.05) is 13.1 Å². The highest BCUT2D eigenvalue weighted by Gasteiger charge is 2.36. The van der Waals surface area contributed by atoms with Gasteiger partial charge in [-0.1, -0.05) is 20.8 Å². The molecule has 1 saturated heterocycles. The van der Waals surface area contributed by atoms with Crippen LogP contribution in [0, 0.1) is 11.3 Å². The summed E-state index contributed by atoms with van der Waals surface area (Å²) in [6.07, 6.45) is 0.967. The van der Waals surface area contributed by atoms with Gasteiger partial charge in [0.2, 0.25) is 0 Å². The van der Waals surface area contributed by atoms with E-state index in [0.29, 0.717) is 19.0 Å². The van der Waals surface area contributed by atoms with Crippen LogP contribution < -0.4 is 0 Å². The average molecular weight is 227 g/mol. The molecule has 0 N–H and O–H groups in total. The summed E-state index contributed by atoms with van der Waals surface area (Å²) in [4.78, 5) is 24.5. The molecule has 0 aromatic rings. The Morgan fingerprint density at radius 2 is 2.00 bits per heavy atom. The van der Waals surface area contributed by atoms with Crippen LogP contribution in [0.4, 0.5) is 0 Å². The number of esters is 1. The standard InChI is InChI=1S/C12H21NO3/c1-5-16-11(15)10(14)13-7-6-9(8-13)12(2,3)4/h9H,5-8H2,1-4H3. The minimum atomic E-state index is -0.725. The lowest BCUT2D eigenvalue weighted by molar-refractivity contribution is -0.159. The average Bonchev–Trinajstić information content (AvgIpc) is 2.65. The first kappa shape index (κ1) is 13.0. The molecular formula is C12H21NO3. The van der Waals surface area contributed by atoms with Crippen LogP contribution in [0.2, 0.25) is 0 Å². The maximum absolute atomic E-state index is 11.7. The van der Waals surface area contributed by atoms with Crippen molar-refractivity contribution < 1.29 is 14.3 Å². The SMILES string of the molecule is CCOC(=O)C(=O)N1CCC(C(C)(C)C)C1. The number of rotatable bonds is 1. The lowest BCUT2D eigenvalue weighted by Gasteiger charge is -2.26. The third-order valence-corrected chi connectivity index (χ3v) is 3.15. The van der Waals surface area contributed by atoms with E-state index in [1.165, 1.54) is 0 Å². The predicted octanol–water partition coefficient (Wildman–Crippen LogP) is 1.44. The number of hydrogen-bond donors (Lipinski definition) is 0. The van der Waals surface area contributed by atoms with Gasteiger partial charge in [0.1, 0.15) is 0 Å². The highest BCUT2D eigenvalue weighted by Crippen LogP contribution is 2.33. The summed E-state index contributed by atoms with van der Waals surface area (Å²) >= 11 is 0.